The quantitative estimate of drug-likeness (QED) is 0.258. The van der Waals surface area contributed by atoms with Crippen LogP contribution in [0.1, 0.15) is 22.5 Å². The highest BCUT2D eigenvalue weighted by Gasteiger charge is 2.37. The fourth-order valence-corrected chi connectivity index (χ4v) is 4.01. The van der Waals surface area contributed by atoms with Gasteiger partial charge in [-0.25, -0.2) is 9.69 Å². The highest BCUT2D eigenvalue weighted by atomic mass is 16.6. The topological polar surface area (TPSA) is 124 Å². The number of carbonyl (C=O) groups excluding carboxylic acids is 3. The summed E-state index contributed by atoms with van der Waals surface area (Å²) in [4.78, 5) is 50.0. The van der Waals surface area contributed by atoms with Crippen molar-refractivity contribution in [3.63, 3.8) is 0 Å². The standard InChI is InChI=1S/C25H22N4O6/c1-14-5-7-18(8-6-14)28-24(31)20(23(30)26-25(28)32)12-17-11-15(2)27(16(17)3)21-13-19(29(33)34)9-10-22(21)35-4/h5-13H,1-4H3,(H,26,30,32). The zero-order valence-corrected chi connectivity index (χ0v) is 19.5. The molecule has 2 aromatic carbocycles. The number of urea groups is 1. The van der Waals surface area contributed by atoms with E-state index in [2.05, 4.69) is 5.32 Å². The van der Waals surface area contributed by atoms with Crippen LogP contribution in [0.25, 0.3) is 11.8 Å². The fourth-order valence-electron chi connectivity index (χ4n) is 4.01. The first kappa shape index (κ1) is 23.4. The van der Waals surface area contributed by atoms with Crippen molar-refractivity contribution in [2.75, 3.05) is 12.0 Å². The number of hydrogen-bond donors (Lipinski definition) is 1. The number of non-ortho nitro benzene ring substituents is 1. The number of methoxy groups -OCH3 is 1. The summed E-state index contributed by atoms with van der Waals surface area (Å²) in [6.45, 7) is 5.42. The number of aromatic nitrogens is 1. The normalized spacial score (nSPS) is 14.9. The Morgan fingerprint density at radius 1 is 1.00 bits per heavy atom. The summed E-state index contributed by atoms with van der Waals surface area (Å²) in [7, 11) is 1.46. The number of barbiturate groups is 1. The molecular weight excluding hydrogens is 452 g/mol. The van der Waals surface area contributed by atoms with Gasteiger partial charge in [0.1, 0.15) is 11.3 Å². The molecule has 2 heterocycles. The number of ether oxygens (including phenoxy) is 1. The summed E-state index contributed by atoms with van der Waals surface area (Å²) in [5, 5.41) is 13.5. The van der Waals surface area contributed by atoms with Crippen LogP contribution in [0.3, 0.4) is 0 Å². The SMILES string of the molecule is COc1ccc([N+](=O)[O-])cc1-n1c(C)cc(C=C2C(=O)NC(=O)N(c3ccc(C)cc3)C2=O)c1C. The van der Waals surface area contributed by atoms with Crippen LogP contribution in [0, 0.1) is 30.9 Å². The van der Waals surface area contributed by atoms with Gasteiger partial charge in [-0.1, -0.05) is 17.7 Å². The zero-order valence-electron chi connectivity index (χ0n) is 19.5. The molecule has 4 rings (SSSR count). The average molecular weight is 474 g/mol. The van der Waals surface area contributed by atoms with E-state index in [-0.39, 0.29) is 11.3 Å². The molecule has 1 N–H and O–H groups in total. The van der Waals surface area contributed by atoms with Crippen molar-refractivity contribution in [1.29, 1.82) is 0 Å². The van der Waals surface area contributed by atoms with Gasteiger partial charge < -0.3 is 9.30 Å². The molecule has 1 aromatic heterocycles. The second kappa shape index (κ2) is 8.90. The van der Waals surface area contributed by atoms with E-state index in [1.165, 1.54) is 31.4 Å². The third kappa shape index (κ3) is 4.17. The maximum absolute atomic E-state index is 13.2. The number of nitro benzene ring substituents is 1. The third-order valence-electron chi connectivity index (χ3n) is 5.78. The lowest BCUT2D eigenvalue weighted by atomic mass is 10.1. The third-order valence-corrected chi connectivity index (χ3v) is 5.78. The summed E-state index contributed by atoms with van der Waals surface area (Å²) >= 11 is 0. The fraction of sp³-hybridized carbons (Fsp3) is 0.160. The molecule has 1 aliphatic rings. The molecule has 1 saturated heterocycles. The van der Waals surface area contributed by atoms with Gasteiger partial charge in [-0.2, -0.15) is 0 Å². The Bertz CT molecular complexity index is 1420. The van der Waals surface area contributed by atoms with Crippen molar-refractivity contribution >= 4 is 35.3 Å². The molecule has 35 heavy (non-hydrogen) atoms. The molecule has 0 bridgehead atoms. The van der Waals surface area contributed by atoms with E-state index >= 15 is 0 Å². The van der Waals surface area contributed by atoms with Gasteiger partial charge >= 0.3 is 6.03 Å². The molecule has 0 atom stereocenters. The molecule has 10 nitrogen and oxygen atoms in total. The predicted molar refractivity (Wildman–Crippen MR) is 129 cm³/mol. The molecule has 3 aromatic rings. The smallest absolute Gasteiger partial charge is 0.335 e. The van der Waals surface area contributed by atoms with E-state index < -0.39 is 22.8 Å². The van der Waals surface area contributed by atoms with Crippen LogP contribution in [0.15, 0.2) is 54.1 Å². The lowest BCUT2D eigenvalue weighted by molar-refractivity contribution is -0.384. The van der Waals surface area contributed by atoms with Crippen LogP contribution in [-0.4, -0.2) is 34.4 Å². The Balaban J connectivity index is 1.80. The second-order valence-electron chi connectivity index (χ2n) is 8.07. The number of imide groups is 2. The molecule has 4 amide bonds. The first-order valence-electron chi connectivity index (χ1n) is 10.6. The molecule has 0 radical (unpaired) electrons. The number of nitrogens with zero attached hydrogens (tertiary/aromatic N) is 3. The van der Waals surface area contributed by atoms with Crippen molar-refractivity contribution in [2.24, 2.45) is 0 Å². The maximum atomic E-state index is 13.2. The molecule has 0 spiro atoms. The Hall–Kier alpha value is -4.73. The molecule has 1 fully saturated rings. The maximum Gasteiger partial charge on any atom is 0.335 e. The minimum atomic E-state index is -0.826. The van der Waals surface area contributed by atoms with Crippen LogP contribution >= 0.6 is 0 Å². The van der Waals surface area contributed by atoms with Crippen molar-refractivity contribution < 1.29 is 24.0 Å². The van der Waals surface area contributed by atoms with Gasteiger partial charge in [-0.3, -0.25) is 25.0 Å². The van der Waals surface area contributed by atoms with Gasteiger partial charge in [0.25, 0.3) is 17.5 Å². The van der Waals surface area contributed by atoms with Gasteiger partial charge in [0.2, 0.25) is 0 Å². The Morgan fingerprint density at radius 2 is 1.69 bits per heavy atom. The lowest BCUT2D eigenvalue weighted by Crippen LogP contribution is -2.54. The van der Waals surface area contributed by atoms with Gasteiger partial charge in [0.15, 0.2) is 0 Å². The molecule has 0 aliphatic carbocycles. The highest BCUT2D eigenvalue weighted by molar-refractivity contribution is 6.39. The highest BCUT2D eigenvalue weighted by Crippen LogP contribution is 2.32. The molecule has 0 unspecified atom stereocenters. The molecular formula is C25H22N4O6. The number of rotatable bonds is 5. The van der Waals surface area contributed by atoms with Crippen molar-refractivity contribution in [3.05, 3.63) is 86.7 Å². The number of nitrogens with one attached hydrogen (secondary N) is 1. The summed E-state index contributed by atoms with van der Waals surface area (Å²) in [6, 6.07) is 11.9. The van der Waals surface area contributed by atoms with Crippen LogP contribution in [0.5, 0.6) is 5.75 Å². The second-order valence-corrected chi connectivity index (χ2v) is 8.07. The van der Waals surface area contributed by atoms with E-state index in [0.29, 0.717) is 34.1 Å². The van der Waals surface area contributed by atoms with Crippen LogP contribution in [-0.2, 0) is 9.59 Å². The van der Waals surface area contributed by atoms with Crippen molar-refractivity contribution in [2.45, 2.75) is 20.8 Å². The molecule has 1 aliphatic heterocycles. The number of amides is 4. The van der Waals surface area contributed by atoms with Crippen molar-refractivity contribution in [3.8, 4) is 11.4 Å². The number of benzene rings is 2. The summed E-state index contributed by atoms with van der Waals surface area (Å²) in [5.41, 5.74) is 3.26. The molecule has 10 heteroatoms. The van der Waals surface area contributed by atoms with Crippen LogP contribution in [0.2, 0.25) is 0 Å². The van der Waals surface area contributed by atoms with Crippen LogP contribution in [0.4, 0.5) is 16.2 Å². The summed E-state index contributed by atoms with van der Waals surface area (Å²) < 4.78 is 7.14. The van der Waals surface area contributed by atoms with Gasteiger partial charge in [0.05, 0.1) is 23.4 Å². The zero-order chi connectivity index (χ0) is 25.4. The Labute approximate surface area is 200 Å². The van der Waals surface area contributed by atoms with E-state index in [1.54, 1.807) is 48.7 Å². The minimum Gasteiger partial charge on any atom is -0.495 e. The number of anilines is 1. The largest absolute Gasteiger partial charge is 0.495 e. The molecule has 178 valence electrons. The van der Waals surface area contributed by atoms with Gasteiger partial charge in [0, 0.05) is 23.5 Å². The summed E-state index contributed by atoms with van der Waals surface area (Å²) in [5.74, 6) is -1.14. The lowest BCUT2D eigenvalue weighted by Gasteiger charge is -2.26. The number of aryl methyl sites for hydroxylation is 2. The van der Waals surface area contributed by atoms with E-state index in [9.17, 15) is 24.5 Å². The average Bonchev–Trinajstić information content (AvgIpc) is 3.09. The van der Waals surface area contributed by atoms with Crippen molar-refractivity contribution in [1.82, 2.24) is 9.88 Å². The molecule has 0 saturated carbocycles. The van der Waals surface area contributed by atoms with E-state index in [0.717, 1.165) is 10.5 Å². The summed E-state index contributed by atoms with van der Waals surface area (Å²) in [6.07, 6.45) is 1.41. The van der Waals surface area contributed by atoms with Crippen LogP contribution < -0.4 is 15.0 Å². The Morgan fingerprint density at radius 3 is 2.31 bits per heavy atom. The first-order valence-corrected chi connectivity index (χ1v) is 10.6. The predicted octanol–water partition coefficient (Wildman–Crippen LogP) is 3.99. The monoisotopic (exact) mass is 474 g/mol. The minimum absolute atomic E-state index is 0.109. The number of nitro groups is 1. The van der Waals surface area contributed by atoms with E-state index in [1.807, 2.05) is 6.92 Å². The Kier molecular flexibility index (Phi) is 5.96. The van der Waals surface area contributed by atoms with Gasteiger partial charge in [-0.15, -0.1) is 0 Å². The van der Waals surface area contributed by atoms with Gasteiger partial charge in [-0.05, 0) is 56.7 Å². The number of hydrogen-bond acceptors (Lipinski definition) is 6. The first-order chi connectivity index (χ1) is 16.6. The van der Waals surface area contributed by atoms with E-state index in [4.69, 9.17) is 4.74 Å². The number of carbonyl (C=O) groups is 3.